The number of methoxy groups -OCH3 is 1. The van der Waals surface area contributed by atoms with Crippen LogP contribution in [0.4, 0.5) is 5.95 Å². The molecule has 2 heterocycles. The van der Waals surface area contributed by atoms with Crippen LogP contribution in [0.5, 0.6) is 6.01 Å². The van der Waals surface area contributed by atoms with Gasteiger partial charge in [-0.25, -0.2) is 5.10 Å². The summed E-state index contributed by atoms with van der Waals surface area (Å²) in [5, 5.41) is 8.85. The Kier molecular flexibility index (Phi) is 4.13. The van der Waals surface area contributed by atoms with Gasteiger partial charge >= 0.3 is 6.01 Å². The number of carbonyl (C=O) groups is 1. The van der Waals surface area contributed by atoms with Crippen LogP contribution in [0.25, 0.3) is 0 Å². The predicted octanol–water partition coefficient (Wildman–Crippen LogP) is 0.939. The molecule has 1 amide bonds. The highest BCUT2D eigenvalue weighted by Gasteiger charge is 2.07. The van der Waals surface area contributed by atoms with Gasteiger partial charge in [0.1, 0.15) is 0 Å². The van der Waals surface area contributed by atoms with Crippen molar-refractivity contribution in [3.63, 3.8) is 0 Å². The van der Waals surface area contributed by atoms with Gasteiger partial charge in [-0.3, -0.25) is 15.1 Å². The Balaban J connectivity index is 1.82. The Hall–Kier alpha value is -2.09. The maximum absolute atomic E-state index is 11.6. The summed E-state index contributed by atoms with van der Waals surface area (Å²) in [6.45, 7) is 0. The molecule has 2 aromatic rings. The summed E-state index contributed by atoms with van der Waals surface area (Å²) in [7, 11) is 1.45. The average Bonchev–Trinajstić information content (AvgIpc) is 2.85. The number of nitrogens with one attached hydrogen (secondary N) is 2. The van der Waals surface area contributed by atoms with Crippen LogP contribution in [0.3, 0.4) is 0 Å². The third kappa shape index (κ3) is 3.45. The van der Waals surface area contributed by atoms with Crippen LogP contribution < -0.4 is 10.1 Å². The number of aromatic amines is 1. The fourth-order valence-electron chi connectivity index (χ4n) is 1.15. The molecule has 18 heavy (non-hydrogen) atoms. The van der Waals surface area contributed by atoms with Gasteiger partial charge in [0, 0.05) is 17.3 Å². The van der Waals surface area contributed by atoms with Crippen LogP contribution in [0.2, 0.25) is 0 Å². The summed E-state index contributed by atoms with van der Waals surface area (Å²) in [5.41, 5.74) is 0. The van der Waals surface area contributed by atoms with Crippen molar-refractivity contribution in [2.45, 2.75) is 4.90 Å². The fourth-order valence-corrected chi connectivity index (χ4v) is 1.83. The summed E-state index contributed by atoms with van der Waals surface area (Å²) < 4.78 is 4.79. The van der Waals surface area contributed by atoms with E-state index < -0.39 is 0 Å². The first kappa shape index (κ1) is 12.4. The quantitative estimate of drug-likeness (QED) is 0.781. The first-order valence-electron chi connectivity index (χ1n) is 5.07. The SMILES string of the molecule is COc1n[nH]c(NC(=O)CSc2ccncc2)n1. The second-order valence-electron chi connectivity index (χ2n) is 3.19. The number of pyridine rings is 1. The molecule has 2 rings (SSSR count). The molecule has 0 aromatic carbocycles. The van der Waals surface area contributed by atoms with Gasteiger partial charge in [0.25, 0.3) is 0 Å². The molecule has 0 bridgehead atoms. The molecule has 0 aliphatic rings. The molecule has 0 unspecified atom stereocenters. The van der Waals surface area contributed by atoms with E-state index in [2.05, 4.69) is 25.5 Å². The number of hydrogen-bond acceptors (Lipinski definition) is 6. The van der Waals surface area contributed by atoms with Crippen molar-refractivity contribution in [3.05, 3.63) is 24.5 Å². The summed E-state index contributed by atoms with van der Waals surface area (Å²) in [5.74, 6) is 0.385. The monoisotopic (exact) mass is 265 g/mol. The maximum atomic E-state index is 11.6. The number of aromatic nitrogens is 4. The van der Waals surface area contributed by atoms with Crippen molar-refractivity contribution in [2.75, 3.05) is 18.2 Å². The molecule has 0 aliphatic carbocycles. The zero-order chi connectivity index (χ0) is 12.8. The molecule has 7 nitrogen and oxygen atoms in total. The minimum absolute atomic E-state index is 0.171. The van der Waals surface area contributed by atoms with Gasteiger partial charge < -0.3 is 4.74 Å². The number of H-pyrrole nitrogens is 1. The van der Waals surface area contributed by atoms with E-state index in [4.69, 9.17) is 4.74 Å². The molecule has 2 N–H and O–H groups in total. The van der Waals surface area contributed by atoms with E-state index in [9.17, 15) is 4.79 Å². The number of carbonyl (C=O) groups excluding carboxylic acids is 1. The first-order valence-corrected chi connectivity index (χ1v) is 6.05. The van der Waals surface area contributed by atoms with Crippen molar-refractivity contribution < 1.29 is 9.53 Å². The van der Waals surface area contributed by atoms with Gasteiger partial charge in [0.05, 0.1) is 12.9 Å². The van der Waals surface area contributed by atoms with Crippen molar-refractivity contribution in [1.29, 1.82) is 0 Å². The Bertz CT molecular complexity index is 516. The van der Waals surface area contributed by atoms with Gasteiger partial charge in [-0.15, -0.1) is 16.9 Å². The van der Waals surface area contributed by atoms with Gasteiger partial charge in [-0.2, -0.15) is 4.98 Å². The van der Waals surface area contributed by atoms with Crippen molar-refractivity contribution in [1.82, 2.24) is 20.2 Å². The summed E-state index contributed by atoms with van der Waals surface area (Å²) >= 11 is 1.41. The number of ether oxygens (including phenoxy) is 1. The number of nitrogens with zero attached hydrogens (tertiary/aromatic N) is 3. The predicted molar refractivity (Wildman–Crippen MR) is 66.5 cm³/mol. The van der Waals surface area contributed by atoms with Crippen LogP contribution in [0.1, 0.15) is 0 Å². The lowest BCUT2D eigenvalue weighted by molar-refractivity contribution is -0.113. The Morgan fingerprint density at radius 1 is 1.50 bits per heavy atom. The van der Waals surface area contributed by atoms with Crippen LogP contribution in [-0.4, -0.2) is 38.9 Å². The molecule has 0 saturated heterocycles. The topological polar surface area (TPSA) is 92.8 Å². The van der Waals surface area contributed by atoms with Crippen molar-refractivity contribution >= 4 is 23.6 Å². The van der Waals surface area contributed by atoms with E-state index in [1.54, 1.807) is 12.4 Å². The Morgan fingerprint density at radius 2 is 2.28 bits per heavy atom. The van der Waals surface area contributed by atoms with Crippen LogP contribution in [0, 0.1) is 0 Å². The number of amides is 1. The molecule has 0 atom stereocenters. The van der Waals surface area contributed by atoms with Crippen molar-refractivity contribution in [2.24, 2.45) is 0 Å². The minimum Gasteiger partial charge on any atom is -0.466 e. The van der Waals surface area contributed by atoms with Crippen LogP contribution >= 0.6 is 11.8 Å². The highest BCUT2D eigenvalue weighted by Crippen LogP contribution is 2.16. The van der Waals surface area contributed by atoms with Crippen molar-refractivity contribution in [3.8, 4) is 6.01 Å². The molecule has 0 spiro atoms. The van der Waals surface area contributed by atoms with Crippen LogP contribution in [-0.2, 0) is 4.79 Å². The standard InChI is InChI=1S/C10H11N5O2S/c1-17-10-13-9(14-15-10)12-8(16)6-18-7-2-4-11-5-3-7/h2-5H,6H2,1H3,(H2,12,13,14,15,16). The molecule has 0 saturated carbocycles. The lowest BCUT2D eigenvalue weighted by Gasteiger charge is -2.01. The number of hydrogen-bond donors (Lipinski definition) is 2. The summed E-state index contributed by atoms with van der Waals surface area (Å²) in [6.07, 6.45) is 3.36. The minimum atomic E-state index is -0.171. The molecule has 0 radical (unpaired) electrons. The Labute approximate surface area is 107 Å². The van der Waals surface area contributed by atoms with Gasteiger partial charge in [-0.1, -0.05) is 0 Å². The molecular formula is C10H11N5O2S. The second kappa shape index (κ2) is 6.01. The summed E-state index contributed by atoms with van der Waals surface area (Å²) in [4.78, 5) is 20.4. The number of thioether (sulfide) groups is 1. The maximum Gasteiger partial charge on any atom is 0.336 e. The number of rotatable bonds is 5. The molecular weight excluding hydrogens is 254 g/mol. The molecule has 8 heteroatoms. The largest absolute Gasteiger partial charge is 0.466 e. The molecule has 94 valence electrons. The van der Waals surface area contributed by atoms with E-state index >= 15 is 0 Å². The second-order valence-corrected chi connectivity index (χ2v) is 4.24. The fraction of sp³-hybridized carbons (Fsp3) is 0.200. The Morgan fingerprint density at radius 3 is 2.94 bits per heavy atom. The van der Waals surface area contributed by atoms with Crippen LogP contribution in [0.15, 0.2) is 29.4 Å². The lowest BCUT2D eigenvalue weighted by Crippen LogP contribution is -2.15. The third-order valence-electron chi connectivity index (χ3n) is 1.92. The zero-order valence-corrected chi connectivity index (χ0v) is 10.4. The van der Waals surface area contributed by atoms with E-state index in [-0.39, 0.29) is 23.6 Å². The van der Waals surface area contributed by atoms with Gasteiger partial charge in [0.15, 0.2) is 0 Å². The van der Waals surface area contributed by atoms with E-state index in [0.29, 0.717) is 0 Å². The van der Waals surface area contributed by atoms with E-state index in [1.165, 1.54) is 18.9 Å². The molecule has 0 fully saturated rings. The average molecular weight is 265 g/mol. The van der Waals surface area contributed by atoms with Gasteiger partial charge in [0.2, 0.25) is 11.9 Å². The zero-order valence-electron chi connectivity index (χ0n) is 9.58. The smallest absolute Gasteiger partial charge is 0.336 e. The van der Waals surface area contributed by atoms with E-state index in [0.717, 1.165) is 4.90 Å². The summed E-state index contributed by atoms with van der Waals surface area (Å²) in [6, 6.07) is 3.87. The molecule has 0 aliphatic heterocycles. The molecule has 2 aromatic heterocycles. The third-order valence-corrected chi connectivity index (χ3v) is 2.94. The first-order chi connectivity index (χ1) is 8.78. The lowest BCUT2D eigenvalue weighted by atomic mass is 10.5. The highest BCUT2D eigenvalue weighted by molar-refractivity contribution is 8.00. The van der Waals surface area contributed by atoms with Gasteiger partial charge in [-0.05, 0) is 12.1 Å². The highest BCUT2D eigenvalue weighted by atomic mass is 32.2. The number of anilines is 1. The van der Waals surface area contributed by atoms with E-state index in [1.807, 2.05) is 12.1 Å². The normalized spacial score (nSPS) is 10.1.